The predicted molar refractivity (Wildman–Crippen MR) is 109 cm³/mol. The Morgan fingerprint density at radius 1 is 1.21 bits per heavy atom. The van der Waals surface area contributed by atoms with Crippen LogP contribution in [-0.2, 0) is 29.0 Å². The predicted octanol–water partition coefficient (Wildman–Crippen LogP) is 2.45. The van der Waals surface area contributed by atoms with Gasteiger partial charge in [0.1, 0.15) is 17.4 Å². The zero-order valence-electron chi connectivity index (χ0n) is 16.4. The van der Waals surface area contributed by atoms with Gasteiger partial charge >= 0.3 is 0 Å². The fourth-order valence-electron chi connectivity index (χ4n) is 3.85. The molecule has 3 amide bonds. The standard InChI is InChI=1S/C21H22FN3O3S/c1-23-12-18(27)24(2)21-19(20(23)28)15-8-9-25(11-16(15)29-21)17(26)7-6-13-4-3-5-14(22)10-13/h3-5,10H,6-9,11-12H2,1-2H3. The normalized spacial score (nSPS) is 16.6. The molecule has 8 heteroatoms. The van der Waals surface area contributed by atoms with Crippen molar-refractivity contribution < 1.29 is 18.8 Å². The van der Waals surface area contributed by atoms with E-state index in [4.69, 9.17) is 0 Å². The average Bonchev–Trinajstić information content (AvgIpc) is 3.06. The molecule has 0 spiro atoms. The number of likely N-dealkylation sites (N-methyl/N-ethyl adjacent to an activating group) is 2. The monoisotopic (exact) mass is 415 g/mol. The van der Waals surface area contributed by atoms with Gasteiger partial charge in [-0.15, -0.1) is 11.3 Å². The molecule has 0 atom stereocenters. The SMILES string of the molecule is CN1CC(=O)N(C)c2sc3c(c2C1=O)CCN(C(=O)CCc1cccc(F)c1)C3. The van der Waals surface area contributed by atoms with Crippen LogP contribution in [0, 0.1) is 5.82 Å². The maximum Gasteiger partial charge on any atom is 0.257 e. The van der Waals surface area contributed by atoms with Crippen LogP contribution in [0.25, 0.3) is 0 Å². The first-order chi connectivity index (χ1) is 13.8. The zero-order valence-corrected chi connectivity index (χ0v) is 17.2. The third-order valence-electron chi connectivity index (χ3n) is 5.52. The number of halogens is 1. The van der Waals surface area contributed by atoms with Crippen molar-refractivity contribution in [2.45, 2.75) is 25.8 Å². The number of carbonyl (C=O) groups is 3. The van der Waals surface area contributed by atoms with E-state index in [0.717, 1.165) is 16.0 Å². The van der Waals surface area contributed by atoms with Gasteiger partial charge in [0.25, 0.3) is 5.91 Å². The fourth-order valence-corrected chi connectivity index (χ4v) is 5.18. The van der Waals surface area contributed by atoms with Crippen LogP contribution in [0.1, 0.15) is 32.8 Å². The molecule has 0 radical (unpaired) electrons. The highest BCUT2D eigenvalue weighted by Gasteiger charge is 2.36. The minimum atomic E-state index is -0.300. The van der Waals surface area contributed by atoms with Gasteiger partial charge in [-0.25, -0.2) is 4.39 Å². The van der Waals surface area contributed by atoms with Gasteiger partial charge in [-0.05, 0) is 36.1 Å². The summed E-state index contributed by atoms with van der Waals surface area (Å²) in [7, 11) is 3.33. The molecule has 1 aromatic carbocycles. The number of carbonyl (C=O) groups excluding carboxylic acids is 3. The zero-order chi connectivity index (χ0) is 20.7. The molecule has 29 heavy (non-hydrogen) atoms. The van der Waals surface area contributed by atoms with Gasteiger partial charge in [-0.1, -0.05) is 12.1 Å². The number of hydrogen-bond acceptors (Lipinski definition) is 4. The van der Waals surface area contributed by atoms with Crippen molar-refractivity contribution in [3.8, 4) is 0 Å². The van der Waals surface area contributed by atoms with Crippen LogP contribution in [0.15, 0.2) is 24.3 Å². The van der Waals surface area contributed by atoms with Crippen LogP contribution in [-0.4, -0.2) is 54.7 Å². The number of nitrogens with zero attached hydrogens (tertiary/aromatic N) is 3. The van der Waals surface area contributed by atoms with Crippen molar-refractivity contribution in [3.63, 3.8) is 0 Å². The maximum absolute atomic E-state index is 13.3. The smallest absolute Gasteiger partial charge is 0.257 e. The Balaban J connectivity index is 1.51. The second-order valence-corrected chi connectivity index (χ2v) is 8.58. The lowest BCUT2D eigenvalue weighted by atomic mass is 10.0. The quantitative estimate of drug-likeness (QED) is 0.774. The van der Waals surface area contributed by atoms with Gasteiger partial charge in [-0.3, -0.25) is 14.4 Å². The molecule has 2 aliphatic rings. The molecule has 0 aliphatic carbocycles. The molecular weight excluding hydrogens is 393 g/mol. The summed E-state index contributed by atoms with van der Waals surface area (Å²) in [6, 6.07) is 6.30. The van der Waals surface area contributed by atoms with Gasteiger partial charge in [-0.2, -0.15) is 0 Å². The number of rotatable bonds is 3. The summed E-state index contributed by atoms with van der Waals surface area (Å²) >= 11 is 1.42. The fraction of sp³-hybridized carbons (Fsp3) is 0.381. The number of hydrogen-bond donors (Lipinski definition) is 0. The molecule has 2 aliphatic heterocycles. The van der Waals surface area contributed by atoms with Crippen LogP contribution in [0.2, 0.25) is 0 Å². The van der Waals surface area contributed by atoms with E-state index in [1.165, 1.54) is 28.4 Å². The summed E-state index contributed by atoms with van der Waals surface area (Å²) in [5.41, 5.74) is 2.36. The number of amides is 3. The Bertz CT molecular complexity index is 1000. The topological polar surface area (TPSA) is 60.9 Å². The van der Waals surface area contributed by atoms with Gasteiger partial charge in [0.05, 0.1) is 12.1 Å². The highest BCUT2D eigenvalue weighted by atomic mass is 32.1. The molecule has 4 rings (SSSR count). The number of aryl methyl sites for hydroxylation is 1. The first-order valence-electron chi connectivity index (χ1n) is 9.54. The molecule has 1 aromatic heterocycles. The summed E-state index contributed by atoms with van der Waals surface area (Å²) in [5, 5.41) is 0.670. The van der Waals surface area contributed by atoms with E-state index >= 15 is 0 Å². The number of anilines is 1. The second kappa shape index (κ2) is 7.59. The third kappa shape index (κ3) is 3.64. The van der Waals surface area contributed by atoms with Crippen molar-refractivity contribution in [3.05, 3.63) is 51.7 Å². The summed E-state index contributed by atoms with van der Waals surface area (Å²) < 4.78 is 13.3. The Hall–Kier alpha value is -2.74. The lowest BCUT2D eigenvalue weighted by Crippen LogP contribution is -2.37. The molecular formula is C21H22FN3O3S. The molecule has 0 saturated carbocycles. The molecule has 0 fully saturated rings. The Morgan fingerprint density at radius 2 is 2.00 bits per heavy atom. The first-order valence-corrected chi connectivity index (χ1v) is 10.4. The van der Waals surface area contributed by atoms with Crippen molar-refractivity contribution in [2.24, 2.45) is 0 Å². The molecule has 0 N–H and O–H groups in total. The van der Waals surface area contributed by atoms with E-state index in [2.05, 4.69) is 0 Å². The molecule has 152 valence electrons. The van der Waals surface area contributed by atoms with Gasteiger partial charge in [0.2, 0.25) is 11.8 Å². The molecule has 2 aromatic rings. The molecule has 0 unspecified atom stereocenters. The summed E-state index contributed by atoms with van der Waals surface area (Å²) in [6.07, 6.45) is 1.39. The number of benzene rings is 1. The third-order valence-corrected chi connectivity index (χ3v) is 6.81. The minimum Gasteiger partial charge on any atom is -0.337 e. The van der Waals surface area contributed by atoms with E-state index < -0.39 is 0 Å². The molecule has 0 bridgehead atoms. The average molecular weight is 415 g/mol. The van der Waals surface area contributed by atoms with E-state index in [1.54, 1.807) is 30.0 Å². The lowest BCUT2D eigenvalue weighted by molar-refractivity contribution is -0.132. The highest BCUT2D eigenvalue weighted by Crippen LogP contribution is 2.40. The number of fused-ring (bicyclic) bond motifs is 3. The Morgan fingerprint density at radius 3 is 2.76 bits per heavy atom. The molecule has 3 heterocycles. The lowest BCUT2D eigenvalue weighted by Gasteiger charge is -2.27. The summed E-state index contributed by atoms with van der Waals surface area (Å²) in [4.78, 5) is 43.6. The van der Waals surface area contributed by atoms with Crippen LogP contribution in [0.5, 0.6) is 0 Å². The van der Waals surface area contributed by atoms with Crippen molar-refractivity contribution >= 4 is 34.1 Å². The van der Waals surface area contributed by atoms with E-state index in [1.807, 2.05) is 6.07 Å². The summed E-state index contributed by atoms with van der Waals surface area (Å²) in [6.45, 7) is 1.04. The van der Waals surface area contributed by atoms with Crippen molar-refractivity contribution in [1.29, 1.82) is 0 Å². The largest absolute Gasteiger partial charge is 0.337 e. The number of thiophene rings is 1. The minimum absolute atomic E-state index is 0.0105. The van der Waals surface area contributed by atoms with Gasteiger partial charge in [0, 0.05) is 31.9 Å². The first kappa shape index (κ1) is 19.6. The van der Waals surface area contributed by atoms with Crippen molar-refractivity contribution in [1.82, 2.24) is 9.80 Å². The van der Waals surface area contributed by atoms with Crippen LogP contribution in [0.4, 0.5) is 9.39 Å². The van der Waals surface area contributed by atoms with Crippen LogP contribution in [0.3, 0.4) is 0 Å². The van der Waals surface area contributed by atoms with Gasteiger partial charge in [0.15, 0.2) is 0 Å². The Labute approximate surface area is 172 Å². The second-order valence-electron chi connectivity index (χ2n) is 7.49. The molecule has 0 saturated heterocycles. The van der Waals surface area contributed by atoms with Crippen LogP contribution >= 0.6 is 11.3 Å². The van der Waals surface area contributed by atoms with Gasteiger partial charge < -0.3 is 14.7 Å². The van der Waals surface area contributed by atoms with E-state index in [-0.39, 0.29) is 30.1 Å². The molecule has 6 nitrogen and oxygen atoms in total. The maximum atomic E-state index is 13.3. The van der Waals surface area contributed by atoms with Crippen LogP contribution < -0.4 is 4.90 Å². The summed E-state index contributed by atoms with van der Waals surface area (Å²) in [5.74, 6) is -0.551. The highest BCUT2D eigenvalue weighted by molar-refractivity contribution is 7.17. The van der Waals surface area contributed by atoms with Crippen molar-refractivity contribution in [2.75, 3.05) is 32.1 Å². The Kier molecular flexibility index (Phi) is 5.12. The van der Waals surface area contributed by atoms with E-state index in [9.17, 15) is 18.8 Å². The van der Waals surface area contributed by atoms with E-state index in [0.29, 0.717) is 42.9 Å².